The van der Waals surface area contributed by atoms with E-state index in [2.05, 4.69) is 0 Å². The van der Waals surface area contributed by atoms with Gasteiger partial charge in [0.15, 0.2) is 0 Å². The van der Waals surface area contributed by atoms with Crippen LogP contribution >= 0.6 is 23.7 Å². The Morgan fingerprint density at radius 3 is 2.50 bits per heavy atom. The molecule has 0 aromatic carbocycles. The molecule has 1 rings (SSSR count). The number of aromatic carboxylic acids is 1. The summed E-state index contributed by atoms with van der Waals surface area (Å²) in [5.74, 6) is -0.839. The number of carboxylic acids is 1. The van der Waals surface area contributed by atoms with Gasteiger partial charge in [0.05, 0.1) is 5.56 Å². The first-order valence-electron chi connectivity index (χ1n) is 2.49. The zero-order chi connectivity index (χ0) is 6.85. The lowest BCUT2D eigenvalue weighted by atomic mass is 10.3. The molecule has 0 unspecified atom stereocenters. The van der Waals surface area contributed by atoms with Crippen LogP contribution in [0, 0.1) is 6.92 Å². The number of halogens is 1. The Hall–Kier alpha value is -0.540. The monoisotopic (exact) mass is 178 g/mol. The number of aryl methyl sites for hydroxylation is 1. The molecule has 1 aromatic rings. The quantitative estimate of drug-likeness (QED) is 0.716. The fourth-order valence-electron chi connectivity index (χ4n) is 0.607. The number of thiophene rings is 1. The van der Waals surface area contributed by atoms with E-state index < -0.39 is 5.97 Å². The second-order valence-corrected chi connectivity index (χ2v) is 2.82. The van der Waals surface area contributed by atoms with Gasteiger partial charge in [-0.3, -0.25) is 0 Å². The predicted octanol–water partition coefficient (Wildman–Crippen LogP) is 2.18. The lowest BCUT2D eigenvalue weighted by Crippen LogP contribution is -1.94. The van der Waals surface area contributed by atoms with Crippen molar-refractivity contribution in [2.45, 2.75) is 6.92 Å². The third kappa shape index (κ3) is 1.72. The molecule has 0 radical (unpaired) electrons. The van der Waals surface area contributed by atoms with E-state index in [1.54, 1.807) is 18.4 Å². The van der Waals surface area contributed by atoms with Gasteiger partial charge in [-0.15, -0.1) is 23.7 Å². The lowest BCUT2D eigenvalue weighted by Gasteiger charge is -1.86. The highest BCUT2D eigenvalue weighted by Crippen LogP contribution is 2.13. The number of hydrogen-bond acceptors (Lipinski definition) is 2. The van der Waals surface area contributed by atoms with Crippen LogP contribution in [0.2, 0.25) is 0 Å². The molecule has 2 nitrogen and oxygen atoms in total. The van der Waals surface area contributed by atoms with Crippen LogP contribution in [0.3, 0.4) is 0 Å². The molecule has 1 N–H and O–H groups in total. The average molecular weight is 179 g/mol. The minimum atomic E-state index is -0.839. The molecule has 4 heteroatoms. The summed E-state index contributed by atoms with van der Waals surface area (Å²) >= 11 is 1.45. The Bertz CT molecular complexity index is 231. The van der Waals surface area contributed by atoms with Gasteiger partial charge in [-0.25, -0.2) is 4.79 Å². The van der Waals surface area contributed by atoms with Crippen LogP contribution in [0.4, 0.5) is 0 Å². The largest absolute Gasteiger partial charge is 0.478 e. The van der Waals surface area contributed by atoms with Crippen LogP contribution in [-0.2, 0) is 0 Å². The highest BCUT2D eigenvalue weighted by atomic mass is 35.5. The van der Waals surface area contributed by atoms with Crippen LogP contribution in [0.1, 0.15) is 15.2 Å². The second kappa shape index (κ2) is 3.58. The predicted molar refractivity (Wildman–Crippen MR) is 43.3 cm³/mol. The first kappa shape index (κ1) is 9.46. The first-order chi connectivity index (χ1) is 4.22. The molecular formula is C6H7ClO2S. The Morgan fingerprint density at radius 1 is 1.70 bits per heavy atom. The molecule has 0 saturated heterocycles. The number of carbonyl (C=O) groups is 1. The summed E-state index contributed by atoms with van der Waals surface area (Å²) in [5.41, 5.74) is 0.417. The number of rotatable bonds is 1. The van der Waals surface area contributed by atoms with E-state index in [1.165, 1.54) is 11.3 Å². The van der Waals surface area contributed by atoms with Gasteiger partial charge in [0.2, 0.25) is 0 Å². The molecule has 1 heterocycles. The van der Waals surface area contributed by atoms with Crippen molar-refractivity contribution in [3.63, 3.8) is 0 Å². The fraction of sp³-hybridized carbons (Fsp3) is 0.167. The van der Waals surface area contributed by atoms with Crippen molar-refractivity contribution in [1.82, 2.24) is 0 Å². The number of hydrogen-bond donors (Lipinski definition) is 1. The molecule has 0 fully saturated rings. The summed E-state index contributed by atoms with van der Waals surface area (Å²) in [5, 5.41) is 10.2. The highest BCUT2D eigenvalue weighted by Gasteiger charge is 2.05. The maximum atomic E-state index is 10.3. The van der Waals surface area contributed by atoms with Gasteiger partial charge in [-0.1, -0.05) is 0 Å². The third-order valence-corrected chi connectivity index (χ3v) is 1.93. The Labute approximate surface area is 68.9 Å². The average Bonchev–Trinajstić information content (AvgIpc) is 2.13. The van der Waals surface area contributed by atoms with E-state index in [0.717, 1.165) is 4.88 Å². The standard InChI is InChI=1S/C6H6O2S.ClH/c1-4-5(6(7)8)2-3-9-4;/h2-3H,1H3,(H,7,8);1H. The number of carboxylic acid groups (broad SMARTS) is 1. The molecule has 0 atom stereocenters. The summed E-state index contributed by atoms with van der Waals surface area (Å²) in [4.78, 5) is 11.2. The lowest BCUT2D eigenvalue weighted by molar-refractivity contribution is 0.0697. The van der Waals surface area contributed by atoms with Crippen molar-refractivity contribution in [3.05, 3.63) is 21.9 Å². The van der Waals surface area contributed by atoms with Gasteiger partial charge >= 0.3 is 5.97 Å². The highest BCUT2D eigenvalue weighted by molar-refractivity contribution is 7.10. The van der Waals surface area contributed by atoms with E-state index in [1.807, 2.05) is 0 Å². The SMILES string of the molecule is Cc1sccc1C(=O)O.Cl. The molecular weight excluding hydrogens is 172 g/mol. The molecule has 56 valence electrons. The van der Waals surface area contributed by atoms with E-state index in [4.69, 9.17) is 5.11 Å². The molecule has 0 aliphatic heterocycles. The molecule has 0 aliphatic rings. The van der Waals surface area contributed by atoms with Crippen LogP contribution < -0.4 is 0 Å². The Morgan fingerprint density at radius 2 is 2.30 bits per heavy atom. The Kier molecular flexibility index (Phi) is 3.39. The molecule has 0 spiro atoms. The topological polar surface area (TPSA) is 37.3 Å². The van der Waals surface area contributed by atoms with Gasteiger partial charge < -0.3 is 5.11 Å². The summed E-state index contributed by atoms with van der Waals surface area (Å²) in [6, 6.07) is 1.61. The molecule has 0 bridgehead atoms. The molecule has 0 amide bonds. The molecule has 0 aliphatic carbocycles. The van der Waals surface area contributed by atoms with Crippen LogP contribution in [-0.4, -0.2) is 11.1 Å². The van der Waals surface area contributed by atoms with Crippen molar-refractivity contribution in [2.24, 2.45) is 0 Å². The normalized spacial score (nSPS) is 8.50. The zero-order valence-electron chi connectivity index (χ0n) is 5.33. The van der Waals surface area contributed by atoms with Crippen molar-refractivity contribution in [1.29, 1.82) is 0 Å². The van der Waals surface area contributed by atoms with Gasteiger partial charge in [0.1, 0.15) is 0 Å². The van der Waals surface area contributed by atoms with Gasteiger partial charge in [-0.2, -0.15) is 0 Å². The van der Waals surface area contributed by atoms with Crippen molar-refractivity contribution < 1.29 is 9.90 Å². The van der Waals surface area contributed by atoms with E-state index >= 15 is 0 Å². The minimum absolute atomic E-state index is 0. The summed E-state index contributed by atoms with van der Waals surface area (Å²) in [7, 11) is 0. The molecule has 10 heavy (non-hydrogen) atoms. The summed E-state index contributed by atoms with van der Waals surface area (Å²) < 4.78 is 0. The molecule has 0 saturated carbocycles. The Balaban J connectivity index is 0.000000810. The van der Waals surface area contributed by atoms with E-state index in [0.29, 0.717) is 5.56 Å². The second-order valence-electron chi connectivity index (χ2n) is 1.70. The van der Waals surface area contributed by atoms with Crippen LogP contribution in [0.25, 0.3) is 0 Å². The van der Waals surface area contributed by atoms with Crippen molar-refractivity contribution in [3.8, 4) is 0 Å². The zero-order valence-corrected chi connectivity index (χ0v) is 6.96. The van der Waals surface area contributed by atoms with Gasteiger partial charge in [-0.05, 0) is 18.4 Å². The first-order valence-corrected chi connectivity index (χ1v) is 3.37. The summed E-state index contributed by atoms with van der Waals surface area (Å²) in [6.45, 7) is 1.80. The van der Waals surface area contributed by atoms with Crippen molar-refractivity contribution >= 4 is 29.7 Å². The van der Waals surface area contributed by atoms with Gasteiger partial charge in [0, 0.05) is 4.88 Å². The fourth-order valence-corrected chi connectivity index (χ4v) is 1.30. The van der Waals surface area contributed by atoms with Crippen LogP contribution in [0.5, 0.6) is 0 Å². The molecule has 1 aromatic heterocycles. The van der Waals surface area contributed by atoms with Crippen LogP contribution in [0.15, 0.2) is 11.4 Å². The summed E-state index contributed by atoms with van der Waals surface area (Å²) in [6.07, 6.45) is 0. The minimum Gasteiger partial charge on any atom is -0.478 e. The van der Waals surface area contributed by atoms with Gasteiger partial charge in [0.25, 0.3) is 0 Å². The third-order valence-electron chi connectivity index (χ3n) is 1.09. The maximum absolute atomic E-state index is 10.3. The van der Waals surface area contributed by atoms with Crippen molar-refractivity contribution in [2.75, 3.05) is 0 Å². The van der Waals surface area contributed by atoms with E-state index in [9.17, 15) is 4.79 Å². The van der Waals surface area contributed by atoms with E-state index in [-0.39, 0.29) is 12.4 Å². The maximum Gasteiger partial charge on any atom is 0.336 e. The smallest absolute Gasteiger partial charge is 0.336 e.